The van der Waals surface area contributed by atoms with Gasteiger partial charge in [0.1, 0.15) is 0 Å². The van der Waals surface area contributed by atoms with Crippen LogP contribution in [0.3, 0.4) is 0 Å². The minimum Gasteiger partial charge on any atom is -0.642 e. The standard InChI is InChI=1S/C23H21ClN4OS.C6H9BO6.Na/c1-14(2)26-13-16-5-7-18(24)20(11-16)27-23-28-22(29)21(30-23)12-15-6-8-19-17(10-15)4-3-9-25-19;1-4(8)11-7(12-5(2)9)13-6(3)10;/h3-12,14,26H,13H2,1-2H3,(H,27,28,29);1-3H3;/q;-1;+1/b21-12-;;. The van der Waals surface area contributed by atoms with E-state index in [0.29, 0.717) is 26.8 Å². The molecule has 0 unspecified atom stereocenters. The predicted molar refractivity (Wildman–Crippen MR) is 167 cm³/mol. The SMILES string of the molecule is CC(=O)O[B-](OC(C)=O)OC(C)=O.CC(C)NCc1ccc(Cl)c(N=C2NC(=O)/C(=C/c3ccc4ncccc4c3)S2)c1.[Na+]. The van der Waals surface area contributed by atoms with Gasteiger partial charge in [-0.25, -0.2) is 4.99 Å². The van der Waals surface area contributed by atoms with E-state index in [9.17, 15) is 19.2 Å². The van der Waals surface area contributed by atoms with Crippen LogP contribution in [0.2, 0.25) is 5.02 Å². The van der Waals surface area contributed by atoms with E-state index in [1.165, 1.54) is 11.8 Å². The summed E-state index contributed by atoms with van der Waals surface area (Å²) in [5.41, 5.74) is 3.59. The number of carbonyl (C=O) groups is 4. The first-order chi connectivity index (χ1) is 20.4. The number of amides is 1. The first kappa shape index (κ1) is 37.0. The number of benzene rings is 2. The molecule has 1 fully saturated rings. The molecule has 1 radical (unpaired) electrons. The van der Waals surface area contributed by atoms with Crippen LogP contribution < -0.4 is 40.2 Å². The number of hydrogen-bond acceptors (Lipinski definition) is 11. The van der Waals surface area contributed by atoms with Gasteiger partial charge in [-0.2, -0.15) is 0 Å². The zero-order valence-electron chi connectivity index (χ0n) is 25.2. The number of thioether (sulfide) groups is 1. The summed E-state index contributed by atoms with van der Waals surface area (Å²) >= 11 is 7.63. The Balaban J connectivity index is 0.000000412. The van der Waals surface area contributed by atoms with E-state index in [2.05, 4.69) is 48.4 Å². The number of amidine groups is 1. The zero-order chi connectivity index (χ0) is 31.5. The van der Waals surface area contributed by atoms with Gasteiger partial charge in [-0.05, 0) is 59.3 Å². The van der Waals surface area contributed by atoms with E-state index >= 15 is 0 Å². The quantitative estimate of drug-likeness (QED) is 0.275. The first-order valence-electron chi connectivity index (χ1n) is 13.1. The number of fused-ring (bicyclic) bond motifs is 1. The molecule has 2 aromatic carbocycles. The summed E-state index contributed by atoms with van der Waals surface area (Å²) in [4.78, 5) is 53.2. The van der Waals surface area contributed by atoms with Crippen molar-refractivity contribution in [3.8, 4) is 0 Å². The van der Waals surface area contributed by atoms with Gasteiger partial charge in [-0.15, -0.1) is 0 Å². The van der Waals surface area contributed by atoms with Gasteiger partial charge < -0.3 is 24.6 Å². The second-order valence-electron chi connectivity index (χ2n) is 9.38. The Morgan fingerprint density at radius 2 is 1.70 bits per heavy atom. The number of aliphatic imine (C=N–C) groups is 1. The fourth-order valence-electron chi connectivity index (χ4n) is 3.48. The van der Waals surface area contributed by atoms with E-state index in [0.717, 1.165) is 49.3 Å². The number of hydrogen-bond donors (Lipinski definition) is 2. The minimum atomic E-state index is -1.59. The van der Waals surface area contributed by atoms with Crippen LogP contribution in [0.4, 0.5) is 5.69 Å². The number of aromatic nitrogens is 1. The molecular weight excluding hydrogens is 618 g/mol. The maximum absolute atomic E-state index is 12.4. The van der Waals surface area contributed by atoms with Gasteiger partial charge in [-0.3, -0.25) is 24.2 Å². The molecule has 1 amide bonds. The Morgan fingerprint density at radius 3 is 2.32 bits per heavy atom. The van der Waals surface area contributed by atoms with E-state index < -0.39 is 25.2 Å². The summed E-state index contributed by atoms with van der Waals surface area (Å²) in [7, 11) is -1.59. The van der Waals surface area contributed by atoms with Crippen molar-refractivity contribution in [2.45, 2.75) is 47.2 Å². The van der Waals surface area contributed by atoms with Crippen LogP contribution in [0.5, 0.6) is 0 Å². The summed E-state index contributed by atoms with van der Waals surface area (Å²) in [6, 6.07) is 16.0. The van der Waals surface area contributed by atoms with Gasteiger partial charge in [0, 0.05) is 44.9 Å². The van der Waals surface area contributed by atoms with E-state index in [1.807, 2.05) is 54.6 Å². The van der Waals surface area contributed by atoms with Crippen molar-refractivity contribution in [1.29, 1.82) is 0 Å². The largest absolute Gasteiger partial charge is 1.00 e. The van der Waals surface area contributed by atoms with Gasteiger partial charge in [0.25, 0.3) is 23.8 Å². The topological polar surface area (TPSA) is 145 Å². The van der Waals surface area contributed by atoms with Crippen molar-refractivity contribution in [2.75, 3.05) is 0 Å². The molecule has 225 valence electrons. The molecule has 0 bridgehead atoms. The molecule has 0 aliphatic carbocycles. The minimum absolute atomic E-state index is 0. The fraction of sp³-hybridized carbons (Fsp3) is 0.241. The molecule has 15 heteroatoms. The second kappa shape index (κ2) is 17.9. The third-order valence-electron chi connectivity index (χ3n) is 5.31. The molecule has 1 aliphatic rings. The van der Waals surface area contributed by atoms with Crippen molar-refractivity contribution in [1.82, 2.24) is 15.6 Å². The van der Waals surface area contributed by atoms with Crippen molar-refractivity contribution < 1.29 is 62.7 Å². The van der Waals surface area contributed by atoms with Crippen molar-refractivity contribution in [3.63, 3.8) is 0 Å². The predicted octanol–water partition coefficient (Wildman–Crippen LogP) is 1.94. The molecule has 0 atom stereocenters. The third kappa shape index (κ3) is 12.4. The molecule has 11 nitrogen and oxygen atoms in total. The number of nitrogens with one attached hydrogen (secondary N) is 2. The Bertz CT molecular complexity index is 1550. The maximum atomic E-state index is 12.4. The maximum Gasteiger partial charge on any atom is 1.00 e. The summed E-state index contributed by atoms with van der Waals surface area (Å²) in [5.74, 6) is -2.31. The molecular formula is C29H30BClN4NaO7S. The molecule has 3 aromatic rings. The average molecular weight is 648 g/mol. The average Bonchev–Trinajstić information content (AvgIpc) is 3.26. The molecule has 0 spiro atoms. The smallest absolute Gasteiger partial charge is 0.642 e. The van der Waals surface area contributed by atoms with Gasteiger partial charge in [0.15, 0.2) is 5.17 Å². The van der Waals surface area contributed by atoms with Crippen LogP contribution in [0, 0.1) is 0 Å². The van der Waals surface area contributed by atoms with Crippen molar-refractivity contribution in [2.24, 2.45) is 4.99 Å². The molecule has 1 aromatic heterocycles. The first-order valence-corrected chi connectivity index (χ1v) is 14.3. The van der Waals surface area contributed by atoms with E-state index in [1.54, 1.807) is 6.20 Å². The molecule has 1 saturated heterocycles. The third-order valence-corrected chi connectivity index (χ3v) is 6.54. The number of nitrogens with zero attached hydrogens (tertiary/aromatic N) is 2. The normalized spacial score (nSPS) is 14.1. The fourth-order valence-corrected chi connectivity index (χ4v) is 4.47. The molecule has 2 N–H and O–H groups in total. The van der Waals surface area contributed by atoms with Crippen LogP contribution in [-0.2, 0) is 39.7 Å². The summed E-state index contributed by atoms with van der Waals surface area (Å²) in [6.07, 6.45) is 3.63. The van der Waals surface area contributed by atoms with Gasteiger partial charge in [-0.1, -0.05) is 43.6 Å². The van der Waals surface area contributed by atoms with E-state index in [4.69, 9.17) is 11.6 Å². The molecule has 44 heavy (non-hydrogen) atoms. The van der Waals surface area contributed by atoms with Crippen LogP contribution in [0.25, 0.3) is 17.0 Å². The Morgan fingerprint density at radius 1 is 1.05 bits per heavy atom. The molecule has 4 rings (SSSR count). The molecule has 1 aliphatic heterocycles. The molecule has 0 saturated carbocycles. The second-order valence-corrected chi connectivity index (χ2v) is 10.8. The van der Waals surface area contributed by atoms with Crippen LogP contribution in [0.15, 0.2) is 64.6 Å². The Labute approximate surface area is 287 Å². The monoisotopic (exact) mass is 647 g/mol. The van der Waals surface area contributed by atoms with Gasteiger partial charge in [0.2, 0.25) is 0 Å². The Hall–Kier alpha value is -3.20. The van der Waals surface area contributed by atoms with E-state index in [-0.39, 0.29) is 35.5 Å². The number of halogens is 1. The summed E-state index contributed by atoms with van der Waals surface area (Å²) in [5, 5.41) is 8.30. The number of rotatable bonds is 8. The van der Waals surface area contributed by atoms with Gasteiger partial charge >= 0.3 is 36.9 Å². The van der Waals surface area contributed by atoms with Crippen molar-refractivity contribution in [3.05, 3.63) is 75.8 Å². The van der Waals surface area contributed by atoms with Crippen LogP contribution >= 0.6 is 23.4 Å². The van der Waals surface area contributed by atoms with Crippen molar-refractivity contribution >= 4 is 82.3 Å². The number of pyridine rings is 1. The van der Waals surface area contributed by atoms with Crippen LogP contribution in [0.1, 0.15) is 45.7 Å². The molecule has 2 heterocycles. The summed E-state index contributed by atoms with van der Waals surface area (Å²) < 4.78 is 13.0. The Kier molecular flexibility index (Phi) is 15.1. The summed E-state index contributed by atoms with van der Waals surface area (Å²) in [6.45, 7) is 8.22. The zero-order valence-corrected chi connectivity index (χ0v) is 28.7. The number of carbonyl (C=O) groups excluding carboxylic acids is 4. The van der Waals surface area contributed by atoms with Gasteiger partial charge in [0.05, 0.1) is 21.1 Å². The van der Waals surface area contributed by atoms with Crippen LogP contribution in [-0.4, -0.2) is 47.3 Å².